The molecule has 3 heteroatoms. The Morgan fingerprint density at radius 2 is 1.81 bits per heavy atom. The van der Waals surface area contributed by atoms with E-state index in [2.05, 4.69) is 4.98 Å². The SMILES string of the molecule is O[C@@H](COc1ccccc1)c1ccccn1. The van der Waals surface area contributed by atoms with Crippen molar-refractivity contribution in [2.45, 2.75) is 6.10 Å². The number of hydrogen-bond donors (Lipinski definition) is 1. The van der Waals surface area contributed by atoms with Crippen LogP contribution < -0.4 is 4.74 Å². The fourth-order valence-electron chi connectivity index (χ4n) is 1.35. The third-order valence-corrected chi connectivity index (χ3v) is 2.18. The molecule has 0 amide bonds. The smallest absolute Gasteiger partial charge is 0.130 e. The van der Waals surface area contributed by atoms with Crippen LogP contribution in [-0.2, 0) is 0 Å². The van der Waals surface area contributed by atoms with Crippen LogP contribution in [0.3, 0.4) is 0 Å². The number of hydrogen-bond acceptors (Lipinski definition) is 3. The van der Waals surface area contributed by atoms with Gasteiger partial charge in [-0.3, -0.25) is 4.98 Å². The predicted octanol–water partition coefficient (Wildman–Crippen LogP) is 2.19. The molecule has 1 N–H and O–H groups in total. The van der Waals surface area contributed by atoms with Crippen LogP contribution in [0.15, 0.2) is 54.7 Å². The van der Waals surface area contributed by atoms with Crippen molar-refractivity contribution in [2.75, 3.05) is 6.61 Å². The zero-order valence-electron chi connectivity index (χ0n) is 8.78. The second-order valence-electron chi connectivity index (χ2n) is 3.39. The number of rotatable bonds is 4. The van der Waals surface area contributed by atoms with Crippen molar-refractivity contribution >= 4 is 0 Å². The Hall–Kier alpha value is -1.87. The van der Waals surface area contributed by atoms with Crippen LogP contribution in [0.5, 0.6) is 5.75 Å². The van der Waals surface area contributed by atoms with Gasteiger partial charge in [0.15, 0.2) is 0 Å². The van der Waals surface area contributed by atoms with E-state index in [4.69, 9.17) is 4.74 Å². The van der Waals surface area contributed by atoms with Crippen molar-refractivity contribution in [3.63, 3.8) is 0 Å². The predicted molar refractivity (Wildman–Crippen MR) is 61.1 cm³/mol. The minimum absolute atomic E-state index is 0.209. The van der Waals surface area contributed by atoms with Gasteiger partial charge in [0.2, 0.25) is 0 Å². The number of para-hydroxylation sites is 1. The van der Waals surface area contributed by atoms with Crippen LogP contribution in [0, 0.1) is 0 Å². The first-order valence-electron chi connectivity index (χ1n) is 5.13. The first-order chi connectivity index (χ1) is 7.86. The highest BCUT2D eigenvalue weighted by Gasteiger charge is 2.08. The average molecular weight is 215 g/mol. The molecular weight excluding hydrogens is 202 g/mol. The van der Waals surface area contributed by atoms with Crippen molar-refractivity contribution in [2.24, 2.45) is 0 Å². The summed E-state index contributed by atoms with van der Waals surface area (Å²) < 4.78 is 5.43. The lowest BCUT2D eigenvalue weighted by Gasteiger charge is -2.11. The lowest BCUT2D eigenvalue weighted by atomic mass is 10.2. The van der Waals surface area contributed by atoms with E-state index in [1.165, 1.54) is 0 Å². The number of benzene rings is 1. The van der Waals surface area contributed by atoms with E-state index in [9.17, 15) is 5.11 Å². The maximum absolute atomic E-state index is 9.79. The van der Waals surface area contributed by atoms with Gasteiger partial charge in [0.05, 0.1) is 5.69 Å². The molecule has 16 heavy (non-hydrogen) atoms. The minimum atomic E-state index is -0.693. The van der Waals surface area contributed by atoms with Crippen LogP contribution >= 0.6 is 0 Å². The summed E-state index contributed by atoms with van der Waals surface area (Å²) in [5.74, 6) is 0.748. The Labute approximate surface area is 94.3 Å². The summed E-state index contributed by atoms with van der Waals surface area (Å²) in [5.41, 5.74) is 0.624. The minimum Gasteiger partial charge on any atom is -0.490 e. The lowest BCUT2D eigenvalue weighted by Crippen LogP contribution is -2.10. The normalized spacial score (nSPS) is 12.1. The van der Waals surface area contributed by atoms with Gasteiger partial charge in [-0.2, -0.15) is 0 Å². The summed E-state index contributed by atoms with van der Waals surface area (Å²) >= 11 is 0. The molecule has 0 bridgehead atoms. The number of aromatic nitrogens is 1. The van der Waals surface area contributed by atoms with Crippen LogP contribution in [0.4, 0.5) is 0 Å². The van der Waals surface area contributed by atoms with E-state index >= 15 is 0 Å². The van der Waals surface area contributed by atoms with Gasteiger partial charge in [-0.05, 0) is 24.3 Å². The van der Waals surface area contributed by atoms with Crippen molar-refractivity contribution in [3.05, 3.63) is 60.4 Å². The fraction of sp³-hybridized carbons (Fsp3) is 0.154. The van der Waals surface area contributed by atoms with E-state index in [0.717, 1.165) is 5.75 Å². The largest absolute Gasteiger partial charge is 0.490 e. The van der Waals surface area contributed by atoms with Gasteiger partial charge in [0.25, 0.3) is 0 Å². The van der Waals surface area contributed by atoms with Crippen molar-refractivity contribution in [1.82, 2.24) is 4.98 Å². The van der Waals surface area contributed by atoms with E-state index in [1.807, 2.05) is 42.5 Å². The van der Waals surface area contributed by atoms with Crippen LogP contribution in [0.1, 0.15) is 11.8 Å². The molecule has 0 saturated carbocycles. The molecule has 0 aliphatic heterocycles. The number of aliphatic hydroxyl groups excluding tert-OH is 1. The highest BCUT2D eigenvalue weighted by Crippen LogP contribution is 2.13. The van der Waals surface area contributed by atoms with Crippen LogP contribution in [0.25, 0.3) is 0 Å². The summed E-state index contributed by atoms with van der Waals surface area (Å²) in [4.78, 5) is 4.06. The topological polar surface area (TPSA) is 42.4 Å². The van der Waals surface area contributed by atoms with Gasteiger partial charge in [-0.1, -0.05) is 24.3 Å². The first-order valence-corrected chi connectivity index (χ1v) is 5.13. The Kier molecular flexibility index (Phi) is 3.51. The summed E-state index contributed by atoms with van der Waals surface area (Å²) in [6.07, 6.45) is 0.961. The third-order valence-electron chi connectivity index (χ3n) is 2.18. The highest BCUT2D eigenvalue weighted by molar-refractivity contribution is 5.21. The molecule has 2 rings (SSSR count). The van der Waals surface area contributed by atoms with Crippen LogP contribution in [0.2, 0.25) is 0 Å². The quantitative estimate of drug-likeness (QED) is 0.850. The van der Waals surface area contributed by atoms with Gasteiger partial charge < -0.3 is 9.84 Å². The molecule has 0 fully saturated rings. The zero-order chi connectivity index (χ0) is 11.2. The summed E-state index contributed by atoms with van der Waals surface area (Å²) in [6.45, 7) is 0.209. The molecular formula is C13H13NO2. The van der Waals surface area contributed by atoms with Gasteiger partial charge in [-0.25, -0.2) is 0 Å². The van der Waals surface area contributed by atoms with E-state index < -0.39 is 6.10 Å². The zero-order valence-corrected chi connectivity index (χ0v) is 8.78. The third kappa shape index (κ3) is 2.81. The van der Waals surface area contributed by atoms with Gasteiger partial charge >= 0.3 is 0 Å². The first kappa shape index (κ1) is 10.6. The molecule has 1 heterocycles. The maximum atomic E-state index is 9.79. The molecule has 82 valence electrons. The molecule has 0 aliphatic carbocycles. The Bertz CT molecular complexity index is 416. The Balaban J connectivity index is 1.92. The molecule has 1 aromatic heterocycles. The molecule has 0 unspecified atom stereocenters. The number of pyridine rings is 1. The fourth-order valence-corrected chi connectivity index (χ4v) is 1.35. The summed E-state index contributed by atoms with van der Waals surface area (Å²) in [7, 11) is 0. The molecule has 1 atom stereocenters. The standard InChI is InChI=1S/C13H13NO2/c15-13(12-8-4-5-9-14-12)10-16-11-6-2-1-3-7-11/h1-9,13,15H,10H2/t13-/m0/s1. The Morgan fingerprint density at radius 3 is 2.50 bits per heavy atom. The summed E-state index contributed by atoms with van der Waals surface area (Å²) in [6, 6.07) is 14.8. The summed E-state index contributed by atoms with van der Waals surface area (Å²) in [5, 5.41) is 9.79. The molecule has 0 radical (unpaired) electrons. The van der Waals surface area contributed by atoms with E-state index in [1.54, 1.807) is 12.3 Å². The molecule has 1 aromatic carbocycles. The van der Waals surface area contributed by atoms with E-state index in [0.29, 0.717) is 5.69 Å². The number of ether oxygens (including phenoxy) is 1. The van der Waals surface area contributed by atoms with Gasteiger partial charge in [-0.15, -0.1) is 0 Å². The van der Waals surface area contributed by atoms with E-state index in [-0.39, 0.29) is 6.61 Å². The Morgan fingerprint density at radius 1 is 1.06 bits per heavy atom. The lowest BCUT2D eigenvalue weighted by molar-refractivity contribution is 0.104. The van der Waals surface area contributed by atoms with Crippen molar-refractivity contribution in [1.29, 1.82) is 0 Å². The van der Waals surface area contributed by atoms with Gasteiger partial charge in [0, 0.05) is 6.20 Å². The van der Waals surface area contributed by atoms with Crippen molar-refractivity contribution in [3.8, 4) is 5.75 Å². The average Bonchev–Trinajstić information content (AvgIpc) is 2.38. The molecule has 3 nitrogen and oxygen atoms in total. The number of aliphatic hydroxyl groups is 1. The maximum Gasteiger partial charge on any atom is 0.130 e. The van der Waals surface area contributed by atoms with Gasteiger partial charge in [0.1, 0.15) is 18.5 Å². The highest BCUT2D eigenvalue weighted by atomic mass is 16.5. The second-order valence-corrected chi connectivity index (χ2v) is 3.39. The number of nitrogens with zero attached hydrogens (tertiary/aromatic N) is 1. The second kappa shape index (κ2) is 5.28. The molecule has 2 aromatic rings. The van der Waals surface area contributed by atoms with Crippen molar-refractivity contribution < 1.29 is 9.84 Å². The monoisotopic (exact) mass is 215 g/mol. The molecule has 0 spiro atoms. The van der Waals surface area contributed by atoms with Crippen LogP contribution in [-0.4, -0.2) is 16.7 Å². The molecule has 0 saturated heterocycles. The molecule has 0 aliphatic rings.